The van der Waals surface area contributed by atoms with Crippen LogP contribution >= 0.6 is 11.6 Å². The molecule has 0 aromatic heterocycles. The van der Waals surface area contributed by atoms with Crippen LogP contribution in [-0.2, 0) is 11.2 Å². The summed E-state index contributed by atoms with van der Waals surface area (Å²) in [5.74, 6) is 0. The van der Waals surface area contributed by atoms with Gasteiger partial charge in [0.2, 0.25) is 0 Å². The number of para-hydroxylation sites is 1. The first kappa shape index (κ1) is 15.6. The number of methoxy groups -OCH3 is 1. The summed E-state index contributed by atoms with van der Waals surface area (Å²) in [7, 11) is 1.74. The molecule has 0 bridgehead atoms. The van der Waals surface area contributed by atoms with Crippen LogP contribution in [0.25, 0.3) is 0 Å². The van der Waals surface area contributed by atoms with Gasteiger partial charge in [-0.1, -0.05) is 30.7 Å². The molecule has 1 fully saturated rings. The zero-order valence-corrected chi connectivity index (χ0v) is 13.2. The predicted octanol–water partition coefficient (Wildman–Crippen LogP) is 3.24. The number of ether oxygens (including phenoxy) is 1. The van der Waals surface area contributed by atoms with Crippen LogP contribution in [0.1, 0.15) is 31.7 Å². The van der Waals surface area contributed by atoms with Crippen molar-refractivity contribution >= 4 is 17.3 Å². The van der Waals surface area contributed by atoms with Gasteiger partial charge in [-0.2, -0.15) is 0 Å². The van der Waals surface area contributed by atoms with Crippen LogP contribution in [0.5, 0.6) is 0 Å². The van der Waals surface area contributed by atoms with Crippen LogP contribution in [0.4, 0.5) is 5.69 Å². The van der Waals surface area contributed by atoms with E-state index in [1.54, 1.807) is 7.11 Å². The van der Waals surface area contributed by atoms with E-state index in [0.29, 0.717) is 6.04 Å². The molecular weight excluding hydrogens is 272 g/mol. The molecule has 1 saturated carbocycles. The van der Waals surface area contributed by atoms with Crippen molar-refractivity contribution < 1.29 is 4.74 Å². The smallest absolute Gasteiger partial charge is 0.0642 e. The largest absolute Gasteiger partial charge is 0.383 e. The van der Waals surface area contributed by atoms with E-state index in [2.05, 4.69) is 17.9 Å². The van der Waals surface area contributed by atoms with Crippen molar-refractivity contribution in [1.82, 2.24) is 0 Å². The summed E-state index contributed by atoms with van der Waals surface area (Å²) in [6, 6.07) is 6.95. The van der Waals surface area contributed by atoms with Gasteiger partial charge in [0.25, 0.3) is 0 Å². The molecule has 4 heteroatoms. The molecule has 1 unspecified atom stereocenters. The van der Waals surface area contributed by atoms with E-state index in [1.807, 2.05) is 12.1 Å². The van der Waals surface area contributed by atoms with Crippen molar-refractivity contribution in [2.45, 2.75) is 44.7 Å². The number of anilines is 1. The molecule has 0 aliphatic heterocycles. The van der Waals surface area contributed by atoms with E-state index in [-0.39, 0.29) is 6.04 Å². The molecule has 1 aliphatic rings. The van der Waals surface area contributed by atoms with Gasteiger partial charge >= 0.3 is 0 Å². The fraction of sp³-hybridized carbons (Fsp3) is 0.625. The Labute approximate surface area is 127 Å². The summed E-state index contributed by atoms with van der Waals surface area (Å²) in [5.41, 5.74) is 8.55. The zero-order valence-electron chi connectivity index (χ0n) is 12.4. The van der Waals surface area contributed by atoms with Crippen molar-refractivity contribution in [1.29, 1.82) is 0 Å². The number of nitrogens with two attached hydrogens (primary N) is 1. The molecule has 0 radical (unpaired) electrons. The van der Waals surface area contributed by atoms with E-state index >= 15 is 0 Å². The third kappa shape index (κ3) is 3.87. The van der Waals surface area contributed by atoms with Crippen LogP contribution in [0.15, 0.2) is 18.2 Å². The van der Waals surface area contributed by atoms with Gasteiger partial charge in [-0.3, -0.25) is 0 Å². The van der Waals surface area contributed by atoms with Gasteiger partial charge in [0, 0.05) is 25.7 Å². The fourth-order valence-corrected chi connectivity index (χ4v) is 2.83. The minimum absolute atomic E-state index is 0.190. The molecule has 20 heavy (non-hydrogen) atoms. The standard InChI is InChI=1S/C16H25ClN2O/c1-3-13(18)11-12-5-4-6-15(17)16(12)19(9-10-20-2)14-7-8-14/h4-6,13-14H,3,7-11,18H2,1-2H3. The van der Waals surface area contributed by atoms with E-state index in [1.165, 1.54) is 18.4 Å². The number of hydrogen-bond donors (Lipinski definition) is 1. The Hall–Kier alpha value is -0.770. The molecule has 0 saturated heterocycles. The monoisotopic (exact) mass is 296 g/mol. The van der Waals surface area contributed by atoms with Gasteiger partial charge in [0.05, 0.1) is 17.3 Å². The van der Waals surface area contributed by atoms with Gasteiger partial charge in [0.1, 0.15) is 0 Å². The zero-order chi connectivity index (χ0) is 14.5. The summed E-state index contributed by atoms with van der Waals surface area (Å²) in [4.78, 5) is 2.41. The Morgan fingerprint density at radius 1 is 1.45 bits per heavy atom. The predicted molar refractivity (Wildman–Crippen MR) is 85.7 cm³/mol. The molecule has 112 valence electrons. The van der Waals surface area contributed by atoms with E-state index in [4.69, 9.17) is 22.1 Å². The summed E-state index contributed by atoms with van der Waals surface area (Å²) < 4.78 is 5.24. The average Bonchev–Trinajstić information content (AvgIpc) is 3.26. The minimum atomic E-state index is 0.190. The fourth-order valence-electron chi connectivity index (χ4n) is 2.53. The van der Waals surface area contributed by atoms with E-state index in [0.717, 1.165) is 36.7 Å². The lowest BCUT2D eigenvalue weighted by atomic mass is 10.0. The van der Waals surface area contributed by atoms with Gasteiger partial charge in [0.15, 0.2) is 0 Å². The molecule has 1 atom stereocenters. The Balaban J connectivity index is 2.26. The first-order valence-corrected chi connectivity index (χ1v) is 7.83. The van der Waals surface area contributed by atoms with E-state index < -0.39 is 0 Å². The number of halogens is 1. The van der Waals surface area contributed by atoms with Crippen LogP contribution in [0.3, 0.4) is 0 Å². The quantitative estimate of drug-likeness (QED) is 0.800. The number of rotatable bonds is 8. The lowest BCUT2D eigenvalue weighted by molar-refractivity contribution is 0.205. The van der Waals surface area contributed by atoms with Gasteiger partial charge in [-0.05, 0) is 37.3 Å². The van der Waals surface area contributed by atoms with Gasteiger partial charge in [-0.25, -0.2) is 0 Å². The summed E-state index contributed by atoms with van der Waals surface area (Å²) in [6.07, 6.45) is 4.35. The molecule has 2 N–H and O–H groups in total. The first-order valence-electron chi connectivity index (χ1n) is 7.45. The molecule has 0 spiro atoms. The SMILES string of the molecule is CCC(N)Cc1cccc(Cl)c1N(CCOC)C1CC1. The Morgan fingerprint density at radius 2 is 2.20 bits per heavy atom. The second kappa shape index (κ2) is 7.30. The highest BCUT2D eigenvalue weighted by molar-refractivity contribution is 6.33. The van der Waals surface area contributed by atoms with Crippen LogP contribution in [0.2, 0.25) is 5.02 Å². The maximum Gasteiger partial charge on any atom is 0.0642 e. The van der Waals surface area contributed by atoms with Gasteiger partial charge in [-0.15, -0.1) is 0 Å². The third-order valence-electron chi connectivity index (χ3n) is 3.89. The highest BCUT2D eigenvalue weighted by Crippen LogP contribution is 2.38. The van der Waals surface area contributed by atoms with Crippen molar-refractivity contribution in [2.75, 3.05) is 25.2 Å². The average molecular weight is 297 g/mol. The minimum Gasteiger partial charge on any atom is -0.383 e. The van der Waals surface area contributed by atoms with Crippen molar-refractivity contribution in [3.63, 3.8) is 0 Å². The molecule has 0 amide bonds. The first-order chi connectivity index (χ1) is 9.67. The summed E-state index contributed by atoms with van der Waals surface area (Å²) in [6.45, 7) is 3.73. The Morgan fingerprint density at radius 3 is 2.80 bits per heavy atom. The number of nitrogens with zero attached hydrogens (tertiary/aromatic N) is 1. The molecule has 3 nitrogen and oxygen atoms in total. The second-order valence-corrected chi connectivity index (χ2v) is 5.94. The highest BCUT2D eigenvalue weighted by Gasteiger charge is 2.31. The van der Waals surface area contributed by atoms with Gasteiger partial charge < -0.3 is 15.4 Å². The van der Waals surface area contributed by atoms with Crippen molar-refractivity contribution in [2.24, 2.45) is 5.73 Å². The molecular formula is C16H25ClN2O. The summed E-state index contributed by atoms with van der Waals surface area (Å²) in [5, 5.41) is 0.828. The normalized spacial score (nSPS) is 16.2. The molecule has 1 aromatic carbocycles. The van der Waals surface area contributed by atoms with E-state index in [9.17, 15) is 0 Å². The number of hydrogen-bond acceptors (Lipinski definition) is 3. The third-order valence-corrected chi connectivity index (χ3v) is 4.19. The Bertz CT molecular complexity index is 434. The van der Waals surface area contributed by atoms with Crippen molar-refractivity contribution in [3.05, 3.63) is 28.8 Å². The maximum atomic E-state index is 6.48. The lowest BCUT2D eigenvalue weighted by Gasteiger charge is -2.28. The summed E-state index contributed by atoms with van der Waals surface area (Å²) >= 11 is 6.48. The van der Waals surface area contributed by atoms with Crippen LogP contribution in [-0.4, -0.2) is 32.3 Å². The second-order valence-electron chi connectivity index (χ2n) is 5.54. The molecule has 1 aliphatic carbocycles. The maximum absolute atomic E-state index is 6.48. The Kier molecular flexibility index (Phi) is 5.70. The van der Waals surface area contributed by atoms with Crippen molar-refractivity contribution in [3.8, 4) is 0 Å². The highest BCUT2D eigenvalue weighted by atomic mass is 35.5. The lowest BCUT2D eigenvalue weighted by Crippen LogP contribution is -2.31. The molecule has 2 rings (SSSR count). The topological polar surface area (TPSA) is 38.5 Å². The van der Waals surface area contributed by atoms with Crippen LogP contribution in [0, 0.1) is 0 Å². The number of benzene rings is 1. The van der Waals surface area contributed by atoms with Crippen LogP contribution < -0.4 is 10.6 Å². The molecule has 0 heterocycles. The molecule has 1 aromatic rings.